The second-order valence-electron chi connectivity index (χ2n) is 1.83. The number of carbonyl (C=O) groups is 1. The van der Waals surface area contributed by atoms with Gasteiger partial charge in [-0.25, -0.2) is 0 Å². The first kappa shape index (κ1) is 12.3. The molecule has 3 nitrogen and oxygen atoms in total. The largest absolute Gasteiger partial charge is 0.542 e. The number of hydrogen-bond acceptors (Lipinski definition) is 2. The third-order valence-electron chi connectivity index (χ3n) is 1.09. The molecule has 0 N–H and O–H groups in total. The monoisotopic (exact) mass is 187 g/mol. The minimum Gasteiger partial charge on any atom is -0.542 e. The molecule has 1 radical (unpaired) electrons. The number of hydrogen-bond donors (Lipinski definition) is 0. The van der Waals surface area contributed by atoms with E-state index in [4.69, 9.17) is 0 Å². The molecule has 0 atom stereocenters. The van der Waals surface area contributed by atoms with E-state index in [1.807, 2.05) is 0 Å². The fourth-order valence-electron chi connectivity index (χ4n) is 0.371. The summed E-state index contributed by atoms with van der Waals surface area (Å²) in [5.74, 6) is -0.0229. The van der Waals surface area contributed by atoms with Gasteiger partial charge in [-0.15, -0.1) is 6.42 Å². The van der Waals surface area contributed by atoms with E-state index in [1.54, 1.807) is 13.3 Å². The van der Waals surface area contributed by atoms with Crippen LogP contribution in [0.25, 0.3) is 0 Å². The molecule has 0 heterocycles. The van der Waals surface area contributed by atoms with E-state index in [9.17, 15) is 9.59 Å². The fourth-order valence-corrected chi connectivity index (χ4v) is 0.371. The Morgan fingerprint density at radius 1 is 1.60 bits per heavy atom. The molecule has 61 valence electrons. The third kappa shape index (κ3) is 5.78. The molecule has 0 aromatic carbocycles. The van der Waals surface area contributed by atoms with E-state index in [0.29, 0.717) is 13.0 Å². The van der Waals surface area contributed by atoms with Crippen molar-refractivity contribution in [1.82, 2.24) is 4.90 Å². The molecule has 0 aliphatic heterocycles. The van der Waals surface area contributed by atoms with Crippen LogP contribution in [0.2, 0.25) is 0 Å². The van der Waals surface area contributed by atoms with E-state index in [2.05, 4.69) is 0 Å². The van der Waals surface area contributed by atoms with Gasteiger partial charge in [-0.1, -0.05) is 0 Å². The van der Waals surface area contributed by atoms with E-state index in [-0.39, 0.29) is 22.7 Å². The molecule has 0 saturated heterocycles. The first-order valence-electron chi connectivity index (χ1n) is 2.75. The number of carbonyl (C=O) groups excluding carboxylic acids is 2. The van der Waals surface area contributed by atoms with Gasteiger partial charge < -0.3 is 9.69 Å². The summed E-state index contributed by atoms with van der Waals surface area (Å²) in [5.41, 5.74) is 0. The Morgan fingerprint density at radius 2 is 2.10 bits per heavy atom. The van der Waals surface area contributed by atoms with Crippen LogP contribution in [0.1, 0.15) is 13.3 Å². The zero-order valence-corrected chi connectivity index (χ0v) is 7.05. The van der Waals surface area contributed by atoms with Crippen molar-refractivity contribution >= 4 is 12.2 Å². The summed E-state index contributed by atoms with van der Waals surface area (Å²) >= 11 is 0. The van der Waals surface area contributed by atoms with Crippen LogP contribution in [0.15, 0.2) is 0 Å². The molecular weight excluding hydrogens is 177 g/mol. The average Bonchev–Trinajstić information content (AvgIpc) is 1.82. The van der Waals surface area contributed by atoms with Gasteiger partial charge in [-0.2, -0.15) is 0 Å². The Balaban J connectivity index is 0. The molecule has 0 aliphatic rings. The van der Waals surface area contributed by atoms with E-state index in [1.165, 1.54) is 11.8 Å². The summed E-state index contributed by atoms with van der Waals surface area (Å²) in [5, 5.41) is 0. The third-order valence-corrected chi connectivity index (χ3v) is 1.09. The molecule has 0 unspecified atom stereocenters. The summed E-state index contributed by atoms with van der Waals surface area (Å²) in [6.45, 7) is 1.93. The van der Waals surface area contributed by atoms with E-state index >= 15 is 0 Å². The molecule has 0 fully saturated rings. The molecule has 0 spiro atoms. The predicted octanol–water partition coefficient (Wildman–Crippen LogP) is -0.0380. The van der Waals surface area contributed by atoms with Crippen LogP contribution in [-0.4, -0.2) is 30.7 Å². The van der Waals surface area contributed by atoms with Crippen LogP contribution < -0.4 is 0 Å². The summed E-state index contributed by atoms with van der Waals surface area (Å²) in [6, 6.07) is 0. The predicted molar refractivity (Wildman–Crippen MR) is 33.6 cm³/mol. The van der Waals surface area contributed by atoms with Gasteiger partial charge in [0.2, 0.25) is 5.91 Å². The number of amides is 1. The first-order chi connectivity index (χ1) is 4.18. The number of nitrogens with zero attached hydrogens (tertiary/aromatic N) is 1. The van der Waals surface area contributed by atoms with Crippen molar-refractivity contribution in [3.8, 4) is 0 Å². The molecule has 0 aromatic heterocycles. The zero-order valence-electron chi connectivity index (χ0n) is 6.01. The van der Waals surface area contributed by atoms with Crippen LogP contribution in [0, 0.1) is 0 Å². The molecule has 4 heteroatoms. The van der Waals surface area contributed by atoms with E-state index in [0.717, 1.165) is 0 Å². The van der Waals surface area contributed by atoms with E-state index < -0.39 is 0 Å². The standard InChI is InChI=1S/C6H10NO2.Co/c1-6(9)7(2)4-3-5-8;/h3-4H2,1-2H3;/q-1;. The number of rotatable bonds is 3. The molecule has 10 heavy (non-hydrogen) atoms. The second kappa shape index (κ2) is 6.76. The summed E-state index contributed by atoms with van der Waals surface area (Å²) < 4.78 is 0. The van der Waals surface area contributed by atoms with Gasteiger partial charge in [0.25, 0.3) is 0 Å². The van der Waals surface area contributed by atoms with Crippen molar-refractivity contribution in [3.63, 3.8) is 0 Å². The van der Waals surface area contributed by atoms with Crippen LogP contribution in [-0.2, 0) is 26.4 Å². The normalized spacial score (nSPS) is 7.80. The second-order valence-corrected chi connectivity index (χ2v) is 1.83. The minimum atomic E-state index is -0.0229. The minimum absolute atomic E-state index is 0. The van der Waals surface area contributed by atoms with Gasteiger partial charge in [0.05, 0.1) is 0 Å². The molecule has 1 amide bonds. The van der Waals surface area contributed by atoms with Gasteiger partial charge in [0.1, 0.15) is 0 Å². The van der Waals surface area contributed by atoms with Gasteiger partial charge >= 0.3 is 0 Å². The van der Waals surface area contributed by atoms with Crippen molar-refractivity contribution in [3.05, 3.63) is 0 Å². The SMILES string of the molecule is CC(=O)N(C)CC[C-]=O.[Co]. The van der Waals surface area contributed by atoms with Crippen molar-refractivity contribution < 1.29 is 26.4 Å². The smallest absolute Gasteiger partial charge is 0.219 e. The molecule has 0 saturated carbocycles. The summed E-state index contributed by atoms with van der Waals surface area (Å²) in [6.07, 6.45) is 2.01. The van der Waals surface area contributed by atoms with Crippen LogP contribution in [0.4, 0.5) is 0 Å². The summed E-state index contributed by atoms with van der Waals surface area (Å²) in [7, 11) is 1.65. The molecular formula is C6H10CoNO2-. The Hall–Kier alpha value is -0.354. The Kier molecular flexibility index (Phi) is 8.34. The fraction of sp³-hybridized carbons (Fsp3) is 0.667. The Labute approximate surface area is 71.0 Å². The topological polar surface area (TPSA) is 37.4 Å². The zero-order chi connectivity index (χ0) is 7.28. The van der Waals surface area contributed by atoms with Crippen LogP contribution in [0.3, 0.4) is 0 Å². The van der Waals surface area contributed by atoms with Gasteiger partial charge in [-0.05, 0) is 6.54 Å². The van der Waals surface area contributed by atoms with Gasteiger partial charge in [0.15, 0.2) is 0 Å². The van der Waals surface area contributed by atoms with Crippen molar-refractivity contribution in [1.29, 1.82) is 0 Å². The maximum atomic E-state index is 10.4. The maximum Gasteiger partial charge on any atom is 0.219 e. The maximum absolute atomic E-state index is 10.4. The molecule has 0 bridgehead atoms. The van der Waals surface area contributed by atoms with Crippen molar-refractivity contribution in [2.45, 2.75) is 13.3 Å². The van der Waals surface area contributed by atoms with Crippen LogP contribution in [0.5, 0.6) is 0 Å². The Morgan fingerprint density at radius 3 is 2.40 bits per heavy atom. The van der Waals surface area contributed by atoms with Gasteiger partial charge in [0, 0.05) is 30.8 Å². The van der Waals surface area contributed by atoms with Crippen molar-refractivity contribution in [2.24, 2.45) is 0 Å². The molecule has 0 aromatic rings. The summed E-state index contributed by atoms with van der Waals surface area (Å²) in [4.78, 5) is 21.6. The van der Waals surface area contributed by atoms with Gasteiger partial charge in [-0.3, -0.25) is 11.1 Å². The molecule has 0 aliphatic carbocycles. The Bertz CT molecular complexity index is 116. The quantitative estimate of drug-likeness (QED) is 0.581. The van der Waals surface area contributed by atoms with Crippen LogP contribution >= 0.6 is 0 Å². The molecule has 0 rings (SSSR count). The van der Waals surface area contributed by atoms with Crippen molar-refractivity contribution in [2.75, 3.05) is 13.6 Å². The average molecular weight is 187 g/mol. The first-order valence-corrected chi connectivity index (χ1v) is 2.75.